The van der Waals surface area contributed by atoms with E-state index in [-0.39, 0.29) is 13.2 Å². The molecule has 6 nitrogen and oxygen atoms in total. The number of aryl methyl sites for hydroxylation is 1. The number of sulfonamides is 1. The Morgan fingerprint density at radius 1 is 1.19 bits per heavy atom. The molecule has 0 spiro atoms. The lowest BCUT2D eigenvalue weighted by Gasteiger charge is -2.24. The lowest BCUT2D eigenvalue weighted by molar-refractivity contribution is -0.135. The maximum atomic E-state index is 12.7. The second-order valence-electron chi connectivity index (χ2n) is 5.84. The summed E-state index contributed by atoms with van der Waals surface area (Å²) in [5.41, 5.74) is 2.24. The van der Waals surface area contributed by atoms with Crippen LogP contribution in [-0.4, -0.2) is 32.7 Å². The zero-order valence-corrected chi connectivity index (χ0v) is 15.3. The number of para-hydroxylation sites is 1. The molecule has 0 aromatic heterocycles. The number of nitrogens with one attached hydrogen (secondary N) is 1. The van der Waals surface area contributed by atoms with Crippen LogP contribution in [0.5, 0.6) is 0 Å². The highest BCUT2D eigenvalue weighted by molar-refractivity contribution is 7.89. The van der Waals surface area contributed by atoms with Crippen molar-refractivity contribution in [2.45, 2.75) is 12.2 Å². The van der Waals surface area contributed by atoms with Gasteiger partial charge in [0.15, 0.2) is 0 Å². The third-order valence-corrected chi connectivity index (χ3v) is 5.52. The van der Waals surface area contributed by atoms with Crippen LogP contribution in [0.3, 0.4) is 0 Å². The van der Waals surface area contributed by atoms with Gasteiger partial charge in [-0.2, -0.15) is 4.72 Å². The Morgan fingerprint density at radius 3 is 2.35 bits per heavy atom. The molecule has 2 rings (SSSR count). The molecule has 0 amide bonds. The summed E-state index contributed by atoms with van der Waals surface area (Å²) >= 11 is 0. The van der Waals surface area contributed by atoms with Crippen molar-refractivity contribution in [1.82, 2.24) is 4.72 Å². The van der Waals surface area contributed by atoms with Gasteiger partial charge in [-0.3, -0.25) is 4.79 Å². The molecule has 0 heterocycles. The van der Waals surface area contributed by atoms with E-state index in [2.05, 4.69) is 11.3 Å². The molecule has 0 saturated heterocycles. The first-order valence-corrected chi connectivity index (χ1v) is 9.57. The molecule has 2 aromatic rings. The number of carboxylic acid groups (broad SMARTS) is 1. The first-order chi connectivity index (χ1) is 12.3. The van der Waals surface area contributed by atoms with E-state index in [0.29, 0.717) is 11.3 Å². The SMILES string of the molecule is C=CC(c1ccc(C)cc1)S(=O)(=O)NCN(CC(=O)O)c1ccccc1. The fourth-order valence-electron chi connectivity index (χ4n) is 2.50. The van der Waals surface area contributed by atoms with Crippen LogP contribution in [0.2, 0.25) is 0 Å². The average molecular weight is 374 g/mol. The van der Waals surface area contributed by atoms with E-state index in [4.69, 9.17) is 5.11 Å². The molecule has 2 N–H and O–H groups in total. The maximum absolute atomic E-state index is 12.7. The fraction of sp³-hybridized carbons (Fsp3) is 0.211. The van der Waals surface area contributed by atoms with E-state index >= 15 is 0 Å². The third-order valence-electron chi connectivity index (χ3n) is 3.86. The molecule has 138 valence electrons. The Hall–Kier alpha value is -2.64. The van der Waals surface area contributed by atoms with Crippen molar-refractivity contribution in [1.29, 1.82) is 0 Å². The Labute approximate surface area is 153 Å². The smallest absolute Gasteiger partial charge is 0.323 e. The van der Waals surface area contributed by atoms with Crippen molar-refractivity contribution in [2.24, 2.45) is 0 Å². The van der Waals surface area contributed by atoms with Gasteiger partial charge in [0.05, 0.1) is 6.67 Å². The highest BCUT2D eigenvalue weighted by atomic mass is 32.2. The third kappa shape index (κ3) is 5.18. The Kier molecular flexibility index (Phi) is 6.54. The van der Waals surface area contributed by atoms with Crippen LogP contribution >= 0.6 is 0 Å². The molecule has 0 saturated carbocycles. The molecule has 1 atom stereocenters. The van der Waals surface area contributed by atoms with Crippen molar-refractivity contribution < 1.29 is 18.3 Å². The normalized spacial score (nSPS) is 12.3. The van der Waals surface area contributed by atoms with Crippen LogP contribution in [-0.2, 0) is 14.8 Å². The van der Waals surface area contributed by atoms with Crippen LogP contribution in [0.25, 0.3) is 0 Å². The zero-order chi connectivity index (χ0) is 19.2. The molecule has 0 bridgehead atoms. The van der Waals surface area contributed by atoms with E-state index in [1.165, 1.54) is 11.0 Å². The fourth-order valence-corrected chi connectivity index (χ4v) is 3.78. The Bertz CT molecular complexity index is 849. The molecular formula is C19H22N2O4S. The van der Waals surface area contributed by atoms with Crippen molar-refractivity contribution in [3.05, 3.63) is 78.4 Å². The number of hydrogen-bond donors (Lipinski definition) is 2. The zero-order valence-electron chi connectivity index (χ0n) is 14.5. The van der Waals surface area contributed by atoms with E-state index in [1.54, 1.807) is 42.5 Å². The van der Waals surface area contributed by atoms with Crippen molar-refractivity contribution >= 4 is 21.7 Å². The summed E-state index contributed by atoms with van der Waals surface area (Å²) in [6.07, 6.45) is 1.36. The molecule has 0 radical (unpaired) electrons. The monoisotopic (exact) mass is 374 g/mol. The molecule has 1 unspecified atom stereocenters. The highest BCUT2D eigenvalue weighted by Crippen LogP contribution is 2.23. The average Bonchev–Trinajstić information content (AvgIpc) is 2.61. The van der Waals surface area contributed by atoms with Gasteiger partial charge in [0.2, 0.25) is 10.0 Å². The summed E-state index contributed by atoms with van der Waals surface area (Å²) in [6.45, 7) is 5.07. The quantitative estimate of drug-likeness (QED) is 0.521. The molecule has 0 aliphatic rings. The highest BCUT2D eigenvalue weighted by Gasteiger charge is 2.25. The Morgan fingerprint density at radius 2 is 1.81 bits per heavy atom. The van der Waals surface area contributed by atoms with Crippen molar-refractivity contribution in [3.8, 4) is 0 Å². The number of benzene rings is 2. The lowest BCUT2D eigenvalue weighted by atomic mass is 10.1. The second-order valence-corrected chi connectivity index (χ2v) is 7.73. The van der Waals surface area contributed by atoms with Gasteiger partial charge in [-0.15, -0.1) is 6.58 Å². The topological polar surface area (TPSA) is 86.7 Å². The van der Waals surface area contributed by atoms with Crippen LogP contribution in [0.4, 0.5) is 5.69 Å². The van der Waals surface area contributed by atoms with Gasteiger partial charge in [0.1, 0.15) is 11.8 Å². The number of aliphatic carboxylic acids is 1. The summed E-state index contributed by atoms with van der Waals surface area (Å²) in [5, 5.41) is 8.17. The predicted octanol–water partition coefficient (Wildman–Crippen LogP) is 2.69. The minimum atomic E-state index is -3.78. The predicted molar refractivity (Wildman–Crippen MR) is 102 cm³/mol. The number of carboxylic acids is 1. The molecule has 26 heavy (non-hydrogen) atoms. The summed E-state index contributed by atoms with van der Waals surface area (Å²) in [5.74, 6) is -1.05. The molecule has 0 aliphatic heterocycles. The molecule has 2 aromatic carbocycles. The van der Waals surface area contributed by atoms with Crippen LogP contribution < -0.4 is 9.62 Å². The number of nitrogens with zero attached hydrogens (tertiary/aromatic N) is 1. The van der Waals surface area contributed by atoms with Gasteiger partial charge in [-0.05, 0) is 24.6 Å². The maximum Gasteiger partial charge on any atom is 0.323 e. The number of rotatable bonds is 9. The van der Waals surface area contributed by atoms with Gasteiger partial charge in [0.25, 0.3) is 0 Å². The standard InChI is InChI=1S/C19H22N2O4S/c1-3-18(16-11-9-15(2)10-12-16)26(24,25)20-14-21(13-19(22)23)17-7-5-4-6-8-17/h3-12,18,20H,1,13-14H2,2H3,(H,22,23). The lowest BCUT2D eigenvalue weighted by Crippen LogP contribution is -2.41. The summed E-state index contributed by atoms with van der Waals surface area (Å²) in [7, 11) is -3.78. The molecular weight excluding hydrogens is 352 g/mol. The van der Waals surface area contributed by atoms with E-state index < -0.39 is 21.2 Å². The van der Waals surface area contributed by atoms with Gasteiger partial charge in [-0.25, -0.2) is 8.42 Å². The minimum absolute atomic E-state index is 0.158. The van der Waals surface area contributed by atoms with Crippen LogP contribution in [0.1, 0.15) is 16.4 Å². The second kappa shape index (κ2) is 8.64. The summed E-state index contributed by atoms with van der Waals surface area (Å²) < 4.78 is 27.9. The first kappa shape index (κ1) is 19.7. The number of anilines is 1. The first-order valence-electron chi connectivity index (χ1n) is 8.03. The molecule has 0 fully saturated rings. The van der Waals surface area contributed by atoms with E-state index in [1.807, 2.05) is 19.1 Å². The van der Waals surface area contributed by atoms with Crippen LogP contribution in [0, 0.1) is 6.92 Å². The van der Waals surface area contributed by atoms with Gasteiger partial charge >= 0.3 is 5.97 Å². The number of carbonyl (C=O) groups is 1. The molecule has 0 aliphatic carbocycles. The summed E-state index contributed by atoms with van der Waals surface area (Å²) in [6, 6.07) is 15.9. The molecule has 7 heteroatoms. The van der Waals surface area contributed by atoms with Gasteiger partial charge < -0.3 is 10.0 Å². The van der Waals surface area contributed by atoms with Gasteiger partial charge in [-0.1, -0.05) is 54.1 Å². The van der Waals surface area contributed by atoms with Crippen molar-refractivity contribution in [2.75, 3.05) is 18.1 Å². The number of hydrogen-bond acceptors (Lipinski definition) is 4. The van der Waals surface area contributed by atoms with Gasteiger partial charge in [0, 0.05) is 5.69 Å². The van der Waals surface area contributed by atoms with Crippen LogP contribution in [0.15, 0.2) is 67.3 Å². The van der Waals surface area contributed by atoms with Crippen molar-refractivity contribution in [3.63, 3.8) is 0 Å². The Balaban J connectivity index is 2.18. The van der Waals surface area contributed by atoms with E-state index in [9.17, 15) is 13.2 Å². The van der Waals surface area contributed by atoms with E-state index in [0.717, 1.165) is 5.56 Å². The minimum Gasteiger partial charge on any atom is -0.480 e. The largest absolute Gasteiger partial charge is 0.480 e. The summed E-state index contributed by atoms with van der Waals surface area (Å²) in [4.78, 5) is 12.6.